The van der Waals surface area contributed by atoms with E-state index in [1.807, 2.05) is 34.6 Å². The van der Waals surface area contributed by atoms with Crippen LogP contribution in [0.15, 0.2) is 0 Å². The molecule has 0 aromatic heterocycles. The van der Waals surface area contributed by atoms with Crippen molar-refractivity contribution in [3.05, 3.63) is 0 Å². The molecule has 0 unspecified atom stereocenters. The molecule has 0 amide bonds. The smallest absolute Gasteiger partial charge is 0.164 e. The molecule has 0 heterocycles. The van der Waals surface area contributed by atoms with Crippen molar-refractivity contribution in [3.8, 4) is 0 Å². The molecule has 0 fully saturated rings. The van der Waals surface area contributed by atoms with Gasteiger partial charge in [-0.25, -0.2) is 0 Å². The van der Waals surface area contributed by atoms with Gasteiger partial charge in [0, 0.05) is 5.54 Å². The molecule has 3 heteroatoms. The Morgan fingerprint density at radius 2 is 1.60 bits per heavy atom. The van der Waals surface area contributed by atoms with E-state index in [1.54, 1.807) is 0 Å². The second-order valence-electron chi connectivity index (χ2n) is 2.74. The zero-order valence-corrected chi connectivity index (χ0v) is 8.30. The topological polar surface area (TPSA) is 38.0 Å². The van der Waals surface area contributed by atoms with Crippen LogP contribution in [0.1, 0.15) is 34.6 Å². The molecule has 0 aromatic rings. The average molecular weight is 162 g/mol. The van der Waals surface area contributed by atoms with E-state index in [1.165, 1.54) is 0 Å². The van der Waals surface area contributed by atoms with Crippen LogP contribution in [0.25, 0.3) is 0 Å². The van der Waals surface area contributed by atoms with Crippen molar-refractivity contribution in [2.24, 2.45) is 5.73 Å². The maximum Gasteiger partial charge on any atom is 0.164 e. The van der Waals surface area contributed by atoms with Crippen LogP contribution < -0.4 is 11.1 Å². The van der Waals surface area contributed by atoms with Gasteiger partial charge in [0.25, 0.3) is 0 Å². The summed E-state index contributed by atoms with van der Waals surface area (Å²) in [5, 5.41) is 3.25. The highest BCUT2D eigenvalue weighted by Crippen LogP contribution is 1.96. The molecule has 0 atom stereocenters. The second kappa shape index (κ2) is 5.47. The standard InChI is InChI=1S/C5H12N2S.C2H6/c1-5(2,3)7-4(6)8;1-2/h1-3H3,(H3,6,7,8);1-2H3. The molecule has 0 rings (SSSR count). The Bertz CT molecular complexity index is 94.3. The molecular weight excluding hydrogens is 144 g/mol. The minimum atomic E-state index is 0.00579. The molecule has 0 aliphatic rings. The fraction of sp³-hybridized carbons (Fsp3) is 0.857. The van der Waals surface area contributed by atoms with Gasteiger partial charge < -0.3 is 11.1 Å². The molecule has 0 aromatic carbocycles. The van der Waals surface area contributed by atoms with Crippen LogP contribution in [0.4, 0.5) is 0 Å². The Hall–Kier alpha value is -0.310. The molecular formula is C7H18N2S. The van der Waals surface area contributed by atoms with Gasteiger partial charge in [-0.1, -0.05) is 13.8 Å². The van der Waals surface area contributed by atoms with Crippen molar-refractivity contribution in [2.75, 3.05) is 0 Å². The average Bonchev–Trinajstić information content (AvgIpc) is 1.64. The van der Waals surface area contributed by atoms with E-state index in [0.29, 0.717) is 5.11 Å². The first kappa shape index (κ1) is 12.4. The molecule has 0 radical (unpaired) electrons. The third kappa shape index (κ3) is 15.6. The molecule has 10 heavy (non-hydrogen) atoms. The van der Waals surface area contributed by atoms with Gasteiger partial charge in [-0.3, -0.25) is 0 Å². The first-order valence-electron chi connectivity index (χ1n) is 3.49. The first-order valence-corrected chi connectivity index (χ1v) is 3.90. The Balaban J connectivity index is 0. The zero-order chi connectivity index (χ0) is 8.78. The Morgan fingerprint density at radius 3 is 1.60 bits per heavy atom. The van der Waals surface area contributed by atoms with Crippen molar-refractivity contribution < 1.29 is 0 Å². The van der Waals surface area contributed by atoms with Gasteiger partial charge in [0.2, 0.25) is 0 Å². The fourth-order valence-electron chi connectivity index (χ4n) is 0.370. The van der Waals surface area contributed by atoms with E-state index in [2.05, 4.69) is 17.5 Å². The quantitative estimate of drug-likeness (QED) is 0.532. The van der Waals surface area contributed by atoms with Crippen LogP contribution in [0.3, 0.4) is 0 Å². The Labute approximate surface area is 69.2 Å². The third-order valence-electron chi connectivity index (χ3n) is 0.498. The molecule has 0 saturated heterocycles. The van der Waals surface area contributed by atoms with Crippen LogP contribution in [0, 0.1) is 0 Å². The minimum absolute atomic E-state index is 0.00579. The monoisotopic (exact) mass is 162 g/mol. The van der Waals surface area contributed by atoms with Crippen molar-refractivity contribution in [1.82, 2.24) is 5.32 Å². The van der Waals surface area contributed by atoms with Gasteiger partial charge >= 0.3 is 0 Å². The molecule has 2 nitrogen and oxygen atoms in total. The summed E-state index contributed by atoms with van der Waals surface area (Å²) in [6.07, 6.45) is 0. The van der Waals surface area contributed by atoms with Crippen LogP contribution in [-0.2, 0) is 0 Å². The van der Waals surface area contributed by atoms with E-state index in [9.17, 15) is 0 Å². The van der Waals surface area contributed by atoms with Crippen molar-refractivity contribution in [2.45, 2.75) is 40.2 Å². The van der Waals surface area contributed by atoms with Crippen molar-refractivity contribution >= 4 is 17.3 Å². The second-order valence-corrected chi connectivity index (χ2v) is 3.18. The van der Waals surface area contributed by atoms with Crippen molar-refractivity contribution in [1.29, 1.82) is 0 Å². The predicted octanol–water partition coefficient (Wildman–Crippen LogP) is 1.64. The van der Waals surface area contributed by atoms with Crippen LogP contribution in [-0.4, -0.2) is 10.7 Å². The van der Waals surface area contributed by atoms with E-state index < -0.39 is 0 Å². The number of hydrogen-bond donors (Lipinski definition) is 2. The van der Waals surface area contributed by atoms with Gasteiger partial charge in [-0.2, -0.15) is 0 Å². The molecule has 0 aliphatic heterocycles. The lowest BCUT2D eigenvalue weighted by Crippen LogP contribution is -2.43. The highest BCUT2D eigenvalue weighted by atomic mass is 32.1. The Morgan fingerprint density at radius 1 is 1.30 bits per heavy atom. The minimum Gasteiger partial charge on any atom is -0.376 e. The lowest BCUT2D eigenvalue weighted by Gasteiger charge is -2.19. The summed E-state index contributed by atoms with van der Waals surface area (Å²) in [5.74, 6) is 0. The summed E-state index contributed by atoms with van der Waals surface area (Å²) in [6, 6.07) is 0. The normalized spacial score (nSPS) is 9.30. The Kier molecular flexibility index (Phi) is 6.77. The first-order chi connectivity index (χ1) is 4.42. The summed E-state index contributed by atoms with van der Waals surface area (Å²) in [5.41, 5.74) is 5.20. The number of rotatable bonds is 0. The van der Waals surface area contributed by atoms with Gasteiger partial charge in [0.1, 0.15) is 0 Å². The summed E-state index contributed by atoms with van der Waals surface area (Å²) in [4.78, 5) is 0. The maximum absolute atomic E-state index is 5.20. The maximum atomic E-state index is 5.20. The lowest BCUT2D eigenvalue weighted by atomic mass is 10.1. The third-order valence-corrected chi connectivity index (χ3v) is 0.600. The number of nitrogens with one attached hydrogen (secondary N) is 1. The van der Waals surface area contributed by atoms with Gasteiger partial charge in [0.05, 0.1) is 0 Å². The lowest BCUT2D eigenvalue weighted by molar-refractivity contribution is 0.513. The number of hydrogen-bond acceptors (Lipinski definition) is 1. The molecule has 62 valence electrons. The summed E-state index contributed by atoms with van der Waals surface area (Å²) >= 11 is 4.61. The van der Waals surface area contributed by atoms with E-state index >= 15 is 0 Å². The van der Waals surface area contributed by atoms with E-state index in [4.69, 9.17) is 5.73 Å². The number of thiocarbonyl (C=S) groups is 1. The highest BCUT2D eigenvalue weighted by Gasteiger charge is 2.07. The van der Waals surface area contributed by atoms with Gasteiger partial charge in [0.15, 0.2) is 5.11 Å². The highest BCUT2D eigenvalue weighted by molar-refractivity contribution is 7.80. The molecule has 3 N–H and O–H groups in total. The van der Waals surface area contributed by atoms with E-state index in [-0.39, 0.29) is 5.54 Å². The molecule has 0 saturated carbocycles. The molecule has 0 bridgehead atoms. The molecule has 0 aliphatic carbocycles. The predicted molar refractivity (Wildman–Crippen MR) is 51.0 cm³/mol. The van der Waals surface area contributed by atoms with Crippen molar-refractivity contribution in [3.63, 3.8) is 0 Å². The largest absolute Gasteiger partial charge is 0.376 e. The fourth-order valence-corrected chi connectivity index (χ4v) is 0.676. The van der Waals surface area contributed by atoms with Crippen LogP contribution >= 0.6 is 12.2 Å². The summed E-state index contributed by atoms with van der Waals surface area (Å²) in [6.45, 7) is 10.0. The molecule has 0 spiro atoms. The number of nitrogens with two attached hydrogens (primary N) is 1. The van der Waals surface area contributed by atoms with Gasteiger partial charge in [-0.15, -0.1) is 0 Å². The van der Waals surface area contributed by atoms with Crippen LogP contribution in [0.5, 0.6) is 0 Å². The van der Waals surface area contributed by atoms with E-state index in [0.717, 1.165) is 0 Å². The van der Waals surface area contributed by atoms with Crippen LogP contribution in [0.2, 0.25) is 0 Å². The van der Waals surface area contributed by atoms with Gasteiger partial charge in [-0.05, 0) is 33.0 Å². The summed E-state index contributed by atoms with van der Waals surface area (Å²) < 4.78 is 0. The SMILES string of the molecule is CC.CC(C)(C)NC(N)=S. The zero-order valence-electron chi connectivity index (χ0n) is 7.49. The summed E-state index contributed by atoms with van der Waals surface area (Å²) in [7, 11) is 0.